The van der Waals surface area contributed by atoms with Crippen molar-refractivity contribution >= 4 is 17.7 Å². The van der Waals surface area contributed by atoms with Crippen LogP contribution in [-0.4, -0.2) is 29.0 Å². The van der Waals surface area contributed by atoms with Crippen molar-refractivity contribution < 1.29 is 4.79 Å². The third-order valence-electron chi connectivity index (χ3n) is 2.11. The van der Waals surface area contributed by atoms with Gasteiger partial charge in [-0.05, 0) is 20.8 Å². The Kier molecular flexibility index (Phi) is 3.20. The van der Waals surface area contributed by atoms with Crippen LogP contribution in [0.4, 0.5) is 0 Å². The molecule has 1 aliphatic heterocycles. The molecule has 1 amide bonds. The van der Waals surface area contributed by atoms with Crippen molar-refractivity contribution in [3.05, 3.63) is 11.1 Å². The first-order valence-electron chi connectivity index (χ1n) is 4.14. The van der Waals surface area contributed by atoms with E-state index in [2.05, 4.69) is 0 Å². The minimum absolute atomic E-state index is 0.208. The molecule has 0 aromatic carbocycles. The first-order chi connectivity index (χ1) is 5.63. The minimum Gasteiger partial charge on any atom is -0.329 e. The SMILES string of the molecule is CC(C)=C(C)C(=O)N1CCSC1. The summed E-state index contributed by atoms with van der Waals surface area (Å²) < 4.78 is 0. The number of amides is 1. The Balaban J connectivity index is 2.64. The normalized spacial score (nSPS) is 16.4. The Morgan fingerprint density at radius 2 is 2.00 bits per heavy atom. The summed E-state index contributed by atoms with van der Waals surface area (Å²) in [5.74, 6) is 2.16. The predicted molar refractivity (Wildman–Crippen MR) is 53.1 cm³/mol. The molecule has 68 valence electrons. The van der Waals surface area contributed by atoms with Crippen LogP contribution in [0.1, 0.15) is 20.8 Å². The van der Waals surface area contributed by atoms with Crippen molar-refractivity contribution in [3.63, 3.8) is 0 Å². The second-order valence-electron chi connectivity index (χ2n) is 3.23. The van der Waals surface area contributed by atoms with Crippen LogP contribution in [0.2, 0.25) is 0 Å². The third-order valence-corrected chi connectivity index (χ3v) is 3.08. The lowest BCUT2D eigenvalue weighted by atomic mass is 10.1. The van der Waals surface area contributed by atoms with Crippen molar-refractivity contribution in [2.75, 3.05) is 18.2 Å². The van der Waals surface area contributed by atoms with Crippen molar-refractivity contribution in [2.24, 2.45) is 0 Å². The van der Waals surface area contributed by atoms with Gasteiger partial charge < -0.3 is 4.90 Å². The third kappa shape index (κ3) is 2.03. The molecule has 1 fully saturated rings. The number of hydrogen-bond acceptors (Lipinski definition) is 2. The van der Waals surface area contributed by atoms with Crippen LogP contribution in [0.15, 0.2) is 11.1 Å². The van der Waals surface area contributed by atoms with E-state index in [9.17, 15) is 4.79 Å². The zero-order valence-corrected chi connectivity index (χ0v) is 8.70. The number of nitrogens with zero attached hydrogens (tertiary/aromatic N) is 1. The van der Waals surface area contributed by atoms with Gasteiger partial charge in [0, 0.05) is 17.9 Å². The van der Waals surface area contributed by atoms with E-state index in [1.54, 1.807) is 0 Å². The van der Waals surface area contributed by atoms with E-state index in [0.717, 1.165) is 29.3 Å². The van der Waals surface area contributed by atoms with E-state index in [4.69, 9.17) is 0 Å². The van der Waals surface area contributed by atoms with Crippen LogP contribution < -0.4 is 0 Å². The van der Waals surface area contributed by atoms with Gasteiger partial charge in [-0.15, -0.1) is 11.8 Å². The summed E-state index contributed by atoms with van der Waals surface area (Å²) in [6, 6.07) is 0. The highest BCUT2D eigenvalue weighted by atomic mass is 32.2. The zero-order chi connectivity index (χ0) is 9.14. The topological polar surface area (TPSA) is 20.3 Å². The summed E-state index contributed by atoms with van der Waals surface area (Å²) in [7, 11) is 0. The fourth-order valence-corrected chi connectivity index (χ4v) is 1.97. The molecule has 12 heavy (non-hydrogen) atoms. The molecule has 1 rings (SSSR count). The summed E-state index contributed by atoms with van der Waals surface area (Å²) in [4.78, 5) is 13.6. The molecule has 1 heterocycles. The molecule has 0 aromatic rings. The van der Waals surface area contributed by atoms with E-state index in [1.165, 1.54) is 0 Å². The highest BCUT2D eigenvalue weighted by Crippen LogP contribution is 2.16. The number of rotatable bonds is 1. The molecule has 0 aliphatic carbocycles. The van der Waals surface area contributed by atoms with E-state index in [1.807, 2.05) is 37.4 Å². The standard InChI is InChI=1S/C9H15NOS/c1-7(2)8(3)9(11)10-4-5-12-6-10/h4-6H2,1-3H3. The molecule has 0 bridgehead atoms. The molecule has 0 unspecified atom stereocenters. The maximum Gasteiger partial charge on any atom is 0.250 e. The molecule has 0 spiro atoms. The van der Waals surface area contributed by atoms with E-state index in [-0.39, 0.29) is 5.91 Å². The molecule has 1 saturated heterocycles. The molecule has 0 N–H and O–H groups in total. The van der Waals surface area contributed by atoms with Gasteiger partial charge in [0.25, 0.3) is 0 Å². The quantitative estimate of drug-likeness (QED) is 0.581. The van der Waals surface area contributed by atoms with Crippen molar-refractivity contribution in [1.82, 2.24) is 4.90 Å². The molecule has 3 heteroatoms. The molecule has 0 aromatic heterocycles. The molecule has 1 aliphatic rings. The van der Waals surface area contributed by atoms with Gasteiger partial charge >= 0.3 is 0 Å². The average Bonchev–Trinajstić information content (AvgIpc) is 2.53. The van der Waals surface area contributed by atoms with Gasteiger partial charge in [0.05, 0.1) is 5.88 Å². The first-order valence-corrected chi connectivity index (χ1v) is 5.29. The van der Waals surface area contributed by atoms with Crippen LogP contribution in [0, 0.1) is 0 Å². The Hall–Kier alpha value is -0.440. The minimum atomic E-state index is 0.208. The Bertz CT molecular complexity index is 213. The second-order valence-corrected chi connectivity index (χ2v) is 4.31. The van der Waals surface area contributed by atoms with Crippen LogP contribution in [0.5, 0.6) is 0 Å². The molecule has 2 nitrogen and oxygen atoms in total. The average molecular weight is 185 g/mol. The lowest BCUT2D eigenvalue weighted by molar-refractivity contribution is -0.125. The van der Waals surface area contributed by atoms with Crippen molar-refractivity contribution in [3.8, 4) is 0 Å². The zero-order valence-electron chi connectivity index (χ0n) is 7.89. The Labute approximate surface area is 78.0 Å². The van der Waals surface area contributed by atoms with Crippen LogP contribution in [0.25, 0.3) is 0 Å². The van der Waals surface area contributed by atoms with Gasteiger partial charge in [0.2, 0.25) is 5.91 Å². The molecule has 0 radical (unpaired) electrons. The van der Waals surface area contributed by atoms with Crippen LogP contribution >= 0.6 is 11.8 Å². The van der Waals surface area contributed by atoms with Gasteiger partial charge in [0.1, 0.15) is 0 Å². The second kappa shape index (κ2) is 3.99. The number of carbonyl (C=O) groups is 1. The number of thioether (sulfide) groups is 1. The van der Waals surface area contributed by atoms with Gasteiger partial charge in [-0.2, -0.15) is 0 Å². The van der Waals surface area contributed by atoms with Crippen molar-refractivity contribution in [1.29, 1.82) is 0 Å². The van der Waals surface area contributed by atoms with Crippen LogP contribution in [-0.2, 0) is 4.79 Å². The first kappa shape index (κ1) is 9.65. The lowest BCUT2D eigenvalue weighted by Crippen LogP contribution is -2.28. The predicted octanol–water partition coefficient (Wildman–Crippen LogP) is 1.88. The molecular formula is C9H15NOS. The van der Waals surface area contributed by atoms with Crippen molar-refractivity contribution in [2.45, 2.75) is 20.8 Å². The summed E-state index contributed by atoms with van der Waals surface area (Å²) in [6.45, 7) is 6.78. The summed E-state index contributed by atoms with van der Waals surface area (Å²) in [5, 5.41) is 0. The maximum atomic E-state index is 11.6. The fraction of sp³-hybridized carbons (Fsp3) is 0.667. The Morgan fingerprint density at radius 1 is 1.33 bits per heavy atom. The molecule has 0 atom stereocenters. The summed E-state index contributed by atoms with van der Waals surface area (Å²) >= 11 is 1.82. The van der Waals surface area contributed by atoms with Gasteiger partial charge in [-0.25, -0.2) is 0 Å². The molecular weight excluding hydrogens is 170 g/mol. The van der Waals surface area contributed by atoms with Gasteiger partial charge in [0.15, 0.2) is 0 Å². The van der Waals surface area contributed by atoms with E-state index in [0.29, 0.717) is 0 Å². The van der Waals surface area contributed by atoms with Gasteiger partial charge in [-0.1, -0.05) is 5.57 Å². The smallest absolute Gasteiger partial charge is 0.250 e. The lowest BCUT2D eigenvalue weighted by Gasteiger charge is -2.15. The van der Waals surface area contributed by atoms with Gasteiger partial charge in [-0.3, -0.25) is 4.79 Å². The fourth-order valence-electron chi connectivity index (χ4n) is 1.03. The monoisotopic (exact) mass is 185 g/mol. The summed E-state index contributed by atoms with van der Waals surface area (Å²) in [5.41, 5.74) is 2.02. The maximum absolute atomic E-state index is 11.6. The number of hydrogen-bond donors (Lipinski definition) is 0. The Morgan fingerprint density at radius 3 is 2.42 bits per heavy atom. The summed E-state index contributed by atoms with van der Waals surface area (Å²) in [6.07, 6.45) is 0. The van der Waals surface area contributed by atoms with E-state index >= 15 is 0 Å². The highest BCUT2D eigenvalue weighted by Gasteiger charge is 2.19. The van der Waals surface area contributed by atoms with Crippen LogP contribution in [0.3, 0.4) is 0 Å². The molecule has 0 saturated carbocycles. The number of allylic oxidation sites excluding steroid dienone is 1. The largest absolute Gasteiger partial charge is 0.329 e. The van der Waals surface area contributed by atoms with E-state index < -0.39 is 0 Å². The number of carbonyl (C=O) groups excluding carboxylic acids is 1. The highest BCUT2D eigenvalue weighted by molar-refractivity contribution is 7.99.